The Morgan fingerprint density at radius 2 is 2.33 bits per heavy atom. The van der Waals surface area contributed by atoms with Crippen LogP contribution in [0.4, 0.5) is 15.8 Å². The molecular formula is C14H21FN2O. The van der Waals surface area contributed by atoms with E-state index in [1.54, 1.807) is 6.07 Å². The molecule has 100 valence electrons. The molecule has 2 rings (SSSR count). The number of hydrogen-bond donors (Lipinski definition) is 3. The highest BCUT2D eigenvalue weighted by atomic mass is 19.1. The van der Waals surface area contributed by atoms with E-state index in [1.165, 1.54) is 18.6 Å². The Hall–Kier alpha value is -1.29. The molecule has 0 amide bonds. The summed E-state index contributed by atoms with van der Waals surface area (Å²) in [4.78, 5) is 0. The number of benzene rings is 1. The fraction of sp³-hybridized carbons (Fsp3) is 0.571. The average Bonchev–Trinajstić information content (AvgIpc) is 2.27. The van der Waals surface area contributed by atoms with E-state index in [0.29, 0.717) is 23.8 Å². The number of nitrogen functional groups attached to an aromatic ring is 1. The number of anilines is 2. The van der Waals surface area contributed by atoms with Crippen LogP contribution < -0.4 is 11.1 Å². The molecule has 1 aliphatic rings. The van der Waals surface area contributed by atoms with Gasteiger partial charge in [0.1, 0.15) is 5.82 Å². The first-order chi connectivity index (χ1) is 8.48. The van der Waals surface area contributed by atoms with Gasteiger partial charge in [-0.05, 0) is 37.0 Å². The summed E-state index contributed by atoms with van der Waals surface area (Å²) in [6.07, 6.45) is 3.85. The van der Waals surface area contributed by atoms with Crippen molar-refractivity contribution in [3.05, 3.63) is 24.0 Å². The molecule has 2 unspecified atom stereocenters. The minimum Gasteiger partial charge on any atom is -0.397 e. The molecule has 0 saturated heterocycles. The highest BCUT2D eigenvalue weighted by Gasteiger charge is 2.32. The van der Waals surface area contributed by atoms with Crippen LogP contribution in [0.3, 0.4) is 0 Å². The third-order valence-electron chi connectivity index (χ3n) is 3.69. The lowest BCUT2D eigenvalue weighted by Crippen LogP contribution is -2.41. The van der Waals surface area contributed by atoms with Crippen LogP contribution in [0, 0.1) is 11.7 Å². The SMILES string of the molecule is CC1CCCC(O)(CNc2ccc(F)cc2N)C1. The van der Waals surface area contributed by atoms with E-state index >= 15 is 0 Å². The molecule has 0 aromatic heterocycles. The minimum atomic E-state index is -0.668. The van der Waals surface area contributed by atoms with Crippen molar-refractivity contribution in [1.82, 2.24) is 0 Å². The maximum Gasteiger partial charge on any atom is 0.125 e. The molecule has 0 spiro atoms. The van der Waals surface area contributed by atoms with Crippen molar-refractivity contribution >= 4 is 11.4 Å². The van der Waals surface area contributed by atoms with E-state index in [9.17, 15) is 9.50 Å². The zero-order valence-corrected chi connectivity index (χ0v) is 10.7. The third-order valence-corrected chi connectivity index (χ3v) is 3.69. The first-order valence-corrected chi connectivity index (χ1v) is 6.50. The van der Waals surface area contributed by atoms with E-state index < -0.39 is 5.60 Å². The lowest BCUT2D eigenvalue weighted by molar-refractivity contribution is -0.000747. The zero-order chi connectivity index (χ0) is 13.2. The molecule has 1 fully saturated rings. The number of nitrogens with one attached hydrogen (secondary N) is 1. The zero-order valence-electron chi connectivity index (χ0n) is 10.7. The Morgan fingerprint density at radius 1 is 1.56 bits per heavy atom. The Kier molecular flexibility index (Phi) is 3.76. The van der Waals surface area contributed by atoms with Crippen LogP contribution in [0.5, 0.6) is 0 Å². The molecule has 0 bridgehead atoms. The molecule has 1 saturated carbocycles. The summed E-state index contributed by atoms with van der Waals surface area (Å²) in [6.45, 7) is 2.63. The molecule has 0 radical (unpaired) electrons. The van der Waals surface area contributed by atoms with E-state index in [0.717, 1.165) is 19.3 Å². The van der Waals surface area contributed by atoms with Gasteiger partial charge in [0.05, 0.1) is 17.0 Å². The van der Waals surface area contributed by atoms with Crippen molar-refractivity contribution in [3.63, 3.8) is 0 Å². The standard InChI is InChI=1S/C14H21FN2O/c1-10-3-2-6-14(18,8-10)9-17-13-5-4-11(15)7-12(13)16/h4-5,7,10,17-18H,2-3,6,8-9,16H2,1H3. The van der Waals surface area contributed by atoms with Crippen molar-refractivity contribution in [1.29, 1.82) is 0 Å². The molecule has 0 heterocycles. The van der Waals surface area contributed by atoms with Crippen LogP contribution in [0.1, 0.15) is 32.6 Å². The molecule has 0 aliphatic heterocycles. The monoisotopic (exact) mass is 252 g/mol. The lowest BCUT2D eigenvalue weighted by Gasteiger charge is -2.36. The maximum absolute atomic E-state index is 12.9. The Labute approximate surface area is 107 Å². The van der Waals surface area contributed by atoms with Crippen molar-refractivity contribution < 1.29 is 9.50 Å². The Bertz CT molecular complexity index is 424. The predicted octanol–water partition coefficient (Wildman–Crippen LogP) is 2.76. The first kappa shape index (κ1) is 13.1. The summed E-state index contributed by atoms with van der Waals surface area (Å²) in [7, 11) is 0. The molecule has 4 N–H and O–H groups in total. The number of aliphatic hydroxyl groups is 1. The summed E-state index contributed by atoms with van der Waals surface area (Å²) >= 11 is 0. The van der Waals surface area contributed by atoms with Gasteiger partial charge in [-0.3, -0.25) is 0 Å². The highest BCUT2D eigenvalue weighted by Crippen LogP contribution is 2.32. The van der Waals surface area contributed by atoms with E-state index in [-0.39, 0.29) is 5.82 Å². The van der Waals surface area contributed by atoms with Crippen LogP contribution in [0.25, 0.3) is 0 Å². The van der Waals surface area contributed by atoms with Gasteiger partial charge in [0.15, 0.2) is 0 Å². The molecular weight excluding hydrogens is 231 g/mol. The number of rotatable bonds is 3. The van der Waals surface area contributed by atoms with Gasteiger partial charge >= 0.3 is 0 Å². The van der Waals surface area contributed by atoms with Gasteiger partial charge in [0.2, 0.25) is 0 Å². The van der Waals surface area contributed by atoms with Gasteiger partial charge in [-0.15, -0.1) is 0 Å². The Balaban J connectivity index is 1.98. The second-order valence-corrected chi connectivity index (χ2v) is 5.51. The quantitative estimate of drug-likeness (QED) is 0.725. The molecule has 1 aromatic carbocycles. The molecule has 1 aromatic rings. The minimum absolute atomic E-state index is 0.344. The second-order valence-electron chi connectivity index (χ2n) is 5.51. The van der Waals surface area contributed by atoms with Crippen LogP contribution >= 0.6 is 0 Å². The number of nitrogens with two attached hydrogens (primary N) is 1. The number of hydrogen-bond acceptors (Lipinski definition) is 3. The lowest BCUT2D eigenvalue weighted by atomic mass is 9.79. The van der Waals surface area contributed by atoms with Crippen LogP contribution in [-0.2, 0) is 0 Å². The van der Waals surface area contributed by atoms with Gasteiger partial charge in [-0.1, -0.05) is 19.8 Å². The van der Waals surface area contributed by atoms with Gasteiger partial charge in [-0.25, -0.2) is 4.39 Å². The smallest absolute Gasteiger partial charge is 0.125 e. The molecule has 18 heavy (non-hydrogen) atoms. The van der Waals surface area contributed by atoms with Crippen molar-refractivity contribution in [3.8, 4) is 0 Å². The van der Waals surface area contributed by atoms with Gasteiger partial charge in [0, 0.05) is 6.54 Å². The van der Waals surface area contributed by atoms with E-state index in [4.69, 9.17) is 5.73 Å². The van der Waals surface area contributed by atoms with Crippen LogP contribution in [0.15, 0.2) is 18.2 Å². The average molecular weight is 252 g/mol. The summed E-state index contributed by atoms with van der Waals surface area (Å²) < 4.78 is 12.9. The topological polar surface area (TPSA) is 58.3 Å². The fourth-order valence-corrected chi connectivity index (χ4v) is 2.75. The summed E-state index contributed by atoms with van der Waals surface area (Å²) in [5, 5.41) is 13.6. The third kappa shape index (κ3) is 3.13. The molecule has 4 heteroatoms. The van der Waals surface area contributed by atoms with Crippen LogP contribution in [0.2, 0.25) is 0 Å². The molecule has 3 nitrogen and oxygen atoms in total. The maximum atomic E-state index is 12.9. The second kappa shape index (κ2) is 5.14. The normalized spacial score (nSPS) is 28.1. The van der Waals surface area contributed by atoms with Gasteiger partial charge < -0.3 is 16.2 Å². The molecule has 1 aliphatic carbocycles. The van der Waals surface area contributed by atoms with Crippen molar-refractivity contribution in [2.75, 3.05) is 17.6 Å². The van der Waals surface area contributed by atoms with Crippen LogP contribution in [-0.4, -0.2) is 17.3 Å². The first-order valence-electron chi connectivity index (χ1n) is 6.50. The summed E-state index contributed by atoms with van der Waals surface area (Å²) in [5.74, 6) is 0.208. The largest absolute Gasteiger partial charge is 0.397 e. The number of halogens is 1. The summed E-state index contributed by atoms with van der Waals surface area (Å²) in [6, 6.07) is 4.27. The van der Waals surface area contributed by atoms with Gasteiger partial charge in [-0.2, -0.15) is 0 Å². The predicted molar refractivity (Wildman–Crippen MR) is 71.9 cm³/mol. The van der Waals surface area contributed by atoms with Crippen molar-refractivity contribution in [2.45, 2.75) is 38.2 Å². The van der Waals surface area contributed by atoms with Crippen molar-refractivity contribution in [2.24, 2.45) is 5.92 Å². The fourth-order valence-electron chi connectivity index (χ4n) is 2.75. The van der Waals surface area contributed by atoms with E-state index in [1.807, 2.05) is 0 Å². The Morgan fingerprint density at radius 3 is 3.00 bits per heavy atom. The highest BCUT2D eigenvalue weighted by molar-refractivity contribution is 5.65. The van der Waals surface area contributed by atoms with Gasteiger partial charge in [0.25, 0.3) is 0 Å². The molecule has 2 atom stereocenters. The van der Waals surface area contributed by atoms with E-state index in [2.05, 4.69) is 12.2 Å². The summed E-state index contributed by atoms with van der Waals surface area (Å²) in [5.41, 5.74) is 6.12.